The second kappa shape index (κ2) is 9.20. The number of thiocarbonyl (C=S) groups is 1. The SMILES string of the molecule is C[n+]1ccc(C2=C(C(=O)O)N3C(=O)C(C=S)(NC(=O)C(=CC(=O)O)c4csc(N)n4)[C@@H]3SC2)cc1. The molecule has 0 radical (unpaired) electrons. The van der Waals surface area contributed by atoms with Gasteiger partial charge in [-0.1, -0.05) is 12.2 Å². The maximum absolute atomic E-state index is 13.3. The van der Waals surface area contributed by atoms with Crippen molar-refractivity contribution >= 4 is 80.7 Å². The number of anilines is 1. The number of aliphatic carboxylic acids is 2. The van der Waals surface area contributed by atoms with E-state index in [-0.39, 0.29) is 27.8 Å². The first-order valence-electron chi connectivity index (χ1n) is 9.91. The smallest absolute Gasteiger partial charge is 0.352 e. The summed E-state index contributed by atoms with van der Waals surface area (Å²) in [6, 6.07) is 3.50. The number of thiazole rings is 1. The Morgan fingerprint density at radius 3 is 2.57 bits per heavy atom. The molecule has 2 aliphatic rings. The molecule has 35 heavy (non-hydrogen) atoms. The van der Waals surface area contributed by atoms with Gasteiger partial charge in [-0.2, -0.15) is 0 Å². The van der Waals surface area contributed by atoms with Gasteiger partial charge in [-0.25, -0.2) is 19.1 Å². The summed E-state index contributed by atoms with van der Waals surface area (Å²) >= 11 is 7.36. The zero-order valence-corrected chi connectivity index (χ0v) is 20.4. The van der Waals surface area contributed by atoms with E-state index in [1.54, 1.807) is 29.1 Å². The Kier molecular flexibility index (Phi) is 6.44. The zero-order chi connectivity index (χ0) is 25.5. The summed E-state index contributed by atoms with van der Waals surface area (Å²) < 4.78 is 1.79. The Labute approximate surface area is 211 Å². The predicted octanol–water partition coefficient (Wildman–Crippen LogP) is 0.284. The van der Waals surface area contributed by atoms with Crippen molar-refractivity contribution in [1.82, 2.24) is 15.2 Å². The summed E-state index contributed by atoms with van der Waals surface area (Å²) in [7, 11) is 1.82. The topological polar surface area (TPSA) is 167 Å². The molecule has 11 nitrogen and oxygen atoms in total. The van der Waals surface area contributed by atoms with Gasteiger partial charge in [0.05, 0.1) is 11.3 Å². The molecule has 14 heteroatoms. The molecule has 0 aromatic carbocycles. The number of nitrogens with one attached hydrogen (secondary N) is 1. The highest BCUT2D eigenvalue weighted by Gasteiger charge is 2.64. The van der Waals surface area contributed by atoms with Crippen LogP contribution >= 0.6 is 35.3 Å². The van der Waals surface area contributed by atoms with E-state index in [2.05, 4.69) is 10.3 Å². The van der Waals surface area contributed by atoms with Crippen LogP contribution in [-0.2, 0) is 26.2 Å². The number of hydrogen-bond acceptors (Lipinski definition) is 9. The largest absolute Gasteiger partial charge is 0.478 e. The molecule has 2 aromatic rings. The van der Waals surface area contributed by atoms with Gasteiger partial charge in [-0.15, -0.1) is 23.1 Å². The summed E-state index contributed by atoms with van der Waals surface area (Å²) in [5, 5.41) is 23.5. The van der Waals surface area contributed by atoms with E-state index >= 15 is 0 Å². The minimum absolute atomic E-state index is 0.0255. The summed E-state index contributed by atoms with van der Waals surface area (Å²) in [5.41, 5.74) is 4.52. The third kappa shape index (κ3) is 4.19. The maximum Gasteiger partial charge on any atom is 0.352 e. The number of amides is 2. The highest BCUT2D eigenvalue weighted by molar-refractivity contribution is 8.00. The van der Waals surface area contributed by atoms with Crippen molar-refractivity contribution in [3.8, 4) is 0 Å². The number of β-lactam (4-membered cyclic amide) rings is 1. The van der Waals surface area contributed by atoms with Crippen molar-refractivity contribution in [1.29, 1.82) is 0 Å². The molecule has 1 unspecified atom stereocenters. The number of thioether (sulfide) groups is 1. The van der Waals surface area contributed by atoms with Gasteiger partial charge in [0.2, 0.25) is 0 Å². The average molecular weight is 533 g/mol. The second-order valence-electron chi connectivity index (χ2n) is 7.63. The van der Waals surface area contributed by atoms with Crippen LogP contribution in [0.2, 0.25) is 0 Å². The molecule has 5 N–H and O–H groups in total. The first-order valence-corrected chi connectivity index (χ1v) is 12.3. The van der Waals surface area contributed by atoms with Crippen LogP contribution in [0.1, 0.15) is 11.3 Å². The zero-order valence-electron chi connectivity index (χ0n) is 18.0. The molecule has 2 amide bonds. The summed E-state index contributed by atoms with van der Waals surface area (Å²) in [6.07, 6.45) is 4.19. The monoisotopic (exact) mass is 532 g/mol. The molecule has 0 bridgehead atoms. The number of hydrogen-bond donors (Lipinski definition) is 4. The lowest BCUT2D eigenvalue weighted by Crippen LogP contribution is -2.80. The van der Waals surface area contributed by atoms with Gasteiger partial charge in [-0.05, 0) is 5.56 Å². The Bertz CT molecular complexity index is 1340. The van der Waals surface area contributed by atoms with Gasteiger partial charge in [-0.3, -0.25) is 14.5 Å². The van der Waals surface area contributed by atoms with Gasteiger partial charge in [0.15, 0.2) is 23.1 Å². The third-order valence-electron chi connectivity index (χ3n) is 5.46. The van der Waals surface area contributed by atoms with Crippen LogP contribution in [0.25, 0.3) is 11.1 Å². The molecule has 2 atom stereocenters. The lowest BCUT2D eigenvalue weighted by atomic mass is 9.87. The Balaban J connectivity index is 1.69. The number of nitrogens with zero attached hydrogens (tertiary/aromatic N) is 3. The van der Waals surface area contributed by atoms with Crippen LogP contribution in [0.15, 0.2) is 41.7 Å². The van der Waals surface area contributed by atoms with Gasteiger partial charge < -0.3 is 21.3 Å². The molecular formula is C21H18N5O6S3+. The fourth-order valence-corrected chi connectivity index (χ4v) is 6.21. The summed E-state index contributed by atoms with van der Waals surface area (Å²) in [4.78, 5) is 55.0. The molecule has 180 valence electrons. The van der Waals surface area contributed by atoms with Crippen LogP contribution in [0, 0.1) is 0 Å². The van der Waals surface area contributed by atoms with Crippen molar-refractivity contribution in [3.63, 3.8) is 0 Å². The lowest BCUT2D eigenvalue weighted by molar-refractivity contribution is -0.671. The van der Waals surface area contributed by atoms with Crippen molar-refractivity contribution in [2.75, 3.05) is 11.5 Å². The molecule has 0 aliphatic carbocycles. The van der Waals surface area contributed by atoms with Crippen LogP contribution < -0.4 is 15.6 Å². The van der Waals surface area contributed by atoms with Crippen molar-refractivity contribution in [2.45, 2.75) is 10.9 Å². The Morgan fingerprint density at radius 2 is 2.03 bits per heavy atom. The number of carbonyl (C=O) groups excluding carboxylic acids is 2. The molecule has 2 aliphatic heterocycles. The quantitative estimate of drug-likeness (QED) is 0.168. The average Bonchev–Trinajstić information content (AvgIpc) is 3.25. The standard InChI is InChI=1S/C21H17N5O6S3/c1-25-4-2-10(3-5-25)12-7-34-19-21(9-33,18(32)26(19)15(12)17(30)31)24-16(29)11(6-14(27)28)13-8-35-20(22)23-13/h2-6,8-9,19H,7H2,1H3,(H4-,22,23,24,27,28,29,30,31)/p+1/t19-,21?/m0/s1. The number of aryl methyl sites for hydroxylation is 1. The van der Waals surface area contributed by atoms with E-state index in [9.17, 15) is 29.4 Å². The molecule has 0 spiro atoms. The number of rotatable bonds is 7. The number of aromatic nitrogens is 2. The number of pyridine rings is 1. The van der Waals surface area contributed by atoms with Crippen LogP contribution in [0.4, 0.5) is 5.13 Å². The highest BCUT2D eigenvalue weighted by atomic mass is 32.2. The minimum Gasteiger partial charge on any atom is -0.478 e. The fourth-order valence-electron chi connectivity index (χ4n) is 3.80. The van der Waals surface area contributed by atoms with E-state index in [1.807, 2.05) is 7.05 Å². The van der Waals surface area contributed by atoms with E-state index < -0.39 is 34.7 Å². The highest BCUT2D eigenvalue weighted by Crippen LogP contribution is 2.47. The molecular weight excluding hydrogens is 514 g/mol. The molecule has 4 heterocycles. The normalized spacial score (nSPS) is 21.7. The Morgan fingerprint density at radius 1 is 1.34 bits per heavy atom. The minimum atomic E-state index is -1.72. The third-order valence-corrected chi connectivity index (χ3v) is 7.85. The summed E-state index contributed by atoms with van der Waals surface area (Å²) in [6.45, 7) is 0. The summed E-state index contributed by atoms with van der Waals surface area (Å²) in [5.74, 6) is -4.09. The molecule has 1 fully saturated rings. The van der Waals surface area contributed by atoms with Gasteiger partial charge in [0.25, 0.3) is 11.8 Å². The second-order valence-corrected chi connectivity index (χ2v) is 9.83. The van der Waals surface area contributed by atoms with Gasteiger partial charge in [0.1, 0.15) is 18.1 Å². The van der Waals surface area contributed by atoms with Crippen molar-refractivity contribution in [2.24, 2.45) is 7.05 Å². The van der Waals surface area contributed by atoms with E-state index in [0.717, 1.165) is 21.6 Å². The first kappa shape index (κ1) is 24.5. The van der Waals surface area contributed by atoms with E-state index in [4.69, 9.17) is 18.0 Å². The van der Waals surface area contributed by atoms with Crippen LogP contribution in [-0.4, -0.2) is 65.9 Å². The number of carbonyl (C=O) groups is 4. The number of nitrogen functional groups attached to an aromatic ring is 1. The van der Waals surface area contributed by atoms with E-state index in [1.165, 1.54) is 17.1 Å². The van der Waals surface area contributed by atoms with Gasteiger partial charge >= 0.3 is 11.9 Å². The number of carboxylic acids is 2. The number of carboxylic acid groups (broad SMARTS) is 2. The predicted molar refractivity (Wildman–Crippen MR) is 132 cm³/mol. The van der Waals surface area contributed by atoms with Crippen molar-refractivity contribution < 1.29 is 34.0 Å². The van der Waals surface area contributed by atoms with Gasteiger partial charge in [0, 0.05) is 40.3 Å². The number of fused-ring (bicyclic) bond motifs is 1. The lowest BCUT2D eigenvalue weighted by Gasteiger charge is -2.55. The van der Waals surface area contributed by atoms with E-state index in [0.29, 0.717) is 17.2 Å². The molecule has 0 saturated carbocycles. The molecule has 1 saturated heterocycles. The number of nitrogens with two attached hydrogens (primary N) is 1. The fraction of sp³-hybridized carbons (Fsp3) is 0.190. The molecule has 2 aromatic heterocycles. The van der Waals surface area contributed by atoms with Crippen LogP contribution in [0.5, 0.6) is 0 Å². The van der Waals surface area contributed by atoms with Crippen molar-refractivity contribution in [3.05, 3.63) is 52.9 Å². The Hall–Kier alpha value is -3.62. The molecule has 4 rings (SSSR count). The van der Waals surface area contributed by atoms with Crippen LogP contribution in [0.3, 0.4) is 0 Å². The first-order chi connectivity index (χ1) is 16.6. The maximum atomic E-state index is 13.3.